The van der Waals surface area contributed by atoms with E-state index in [-0.39, 0.29) is 0 Å². The Morgan fingerprint density at radius 3 is 2.94 bits per heavy atom. The second-order valence-corrected chi connectivity index (χ2v) is 6.71. The van der Waals surface area contributed by atoms with Gasteiger partial charge in [-0.25, -0.2) is 0 Å². The summed E-state index contributed by atoms with van der Waals surface area (Å²) >= 11 is 1.93. The van der Waals surface area contributed by atoms with Gasteiger partial charge in [-0.1, -0.05) is 13.3 Å². The summed E-state index contributed by atoms with van der Waals surface area (Å²) in [6.07, 6.45) is 6.95. The summed E-state index contributed by atoms with van der Waals surface area (Å²) in [6, 6.07) is 1.24. The first kappa shape index (κ1) is 14.2. The first-order valence-electron chi connectivity index (χ1n) is 7.41. The highest BCUT2D eigenvalue weighted by Crippen LogP contribution is 2.21. The van der Waals surface area contributed by atoms with Crippen molar-refractivity contribution in [3.05, 3.63) is 0 Å². The second kappa shape index (κ2) is 7.39. The van der Waals surface area contributed by atoms with E-state index in [0.29, 0.717) is 18.0 Å². The zero-order valence-electron chi connectivity index (χ0n) is 11.5. The summed E-state index contributed by atoms with van der Waals surface area (Å²) in [4.78, 5) is 14.2. The molecule has 104 valence electrons. The standard InChI is InChI=1S/C14H26N2OS/c1-2-3-9-18-10-7-14(17)16-8-6-12-4-5-13(11-16)15-12/h12-13,15H,2-11H2,1H3. The molecule has 2 saturated heterocycles. The molecular formula is C14H26N2OS. The van der Waals surface area contributed by atoms with Crippen molar-refractivity contribution in [2.75, 3.05) is 24.6 Å². The topological polar surface area (TPSA) is 32.3 Å². The Kier molecular flexibility index (Phi) is 5.83. The van der Waals surface area contributed by atoms with Crippen LogP contribution in [0.2, 0.25) is 0 Å². The number of nitrogens with zero attached hydrogens (tertiary/aromatic N) is 1. The van der Waals surface area contributed by atoms with Crippen molar-refractivity contribution >= 4 is 17.7 Å². The average Bonchev–Trinajstić information content (AvgIpc) is 2.68. The van der Waals surface area contributed by atoms with Gasteiger partial charge in [0, 0.05) is 37.3 Å². The monoisotopic (exact) mass is 270 g/mol. The lowest BCUT2D eigenvalue weighted by Crippen LogP contribution is -2.39. The van der Waals surface area contributed by atoms with E-state index in [2.05, 4.69) is 17.1 Å². The van der Waals surface area contributed by atoms with Gasteiger partial charge in [0.2, 0.25) is 5.91 Å². The van der Waals surface area contributed by atoms with Crippen molar-refractivity contribution in [3.8, 4) is 0 Å². The van der Waals surface area contributed by atoms with Crippen molar-refractivity contribution in [2.45, 2.75) is 57.5 Å². The lowest BCUT2D eigenvalue weighted by molar-refractivity contribution is -0.130. The van der Waals surface area contributed by atoms with Crippen molar-refractivity contribution in [2.24, 2.45) is 0 Å². The Hall–Kier alpha value is -0.220. The van der Waals surface area contributed by atoms with Crippen LogP contribution in [0.4, 0.5) is 0 Å². The Morgan fingerprint density at radius 2 is 2.11 bits per heavy atom. The molecule has 4 heteroatoms. The van der Waals surface area contributed by atoms with Crippen LogP contribution in [0, 0.1) is 0 Å². The first-order chi connectivity index (χ1) is 8.79. The quantitative estimate of drug-likeness (QED) is 0.752. The zero-order chi connectivity index (χ0) is 12.8. The lowest BCUT2D eigenvalue weighted by atomic mass is 10.1. The summed E-state index contributed by atoms with van der Waals surface area (Å²) in [5.74, 6) is 2.57. The van der Waals surface area contributed by atoms with Gasteiger partial charge in [-0.05, 0) is 31.4 Å². The first-order valence-corrected chi connectivity index (χ1v) is 8.56. The predicted molar refractivity (Wildman–Crippen MR) is 78.0 cm³/mol. The number of hydrogen-bond donors (Lipinski definition) is 1. The summed E-state index contributed by atoms with van der Waals surface area (Å²) in [5.41, 5.74) is 0. The molecule has 3 nitrogen and oxygen atoms in total. The normalized spacial score (nSPS) is 27.3. The summed E-state index contributed by atoms with van der Waals surface area (Å²) in [6.45, 7) is 4.12. The number of rotatable bonds is 6. The highest BCUT2D eigenvalue weighted by atomic mass is 32.2. The van der Waals surface area contributed by atoms with Gasteiger partial charge < -0.3 is 10.2 Å². The third-order valence-electron chi connectivity index (χ3n) is 3.98. The lowest BCUT2D eigenvalue weighted by Gasteiger charge is -2.24. The third-order valence-corrected chi connectivity index (χ3v) is 5.05. The number of thioether (sulfide) groups is 1. The largest absolute Gasteiger partial charge is 0.341 e. The number of fused-ring (bicyclic) bond motifs is 2. The smallest absolute Gasteiger partial charge is 0.223 e. The van der Waals surface area contributed by atoms with E-state index in [1.807, 2.05) is 11.8 Å². The summed E-state index contributed by atoms with van der Waals surface area (Å²) in [7, 11) is 0. The van der Waals surface area contributed by atoms with Gasteiger partial charge in [0.25, 0.3) is 0 Å². The van der Waals surface area contributed by atoms with Gasteiger partial charge in [-0.3, -0.25) is 4.79 Å². The number of carbonyl (C=O) groups excluding carboxylic acids is 1. The van der Waals surface area contributed by atoms with Crippen LogP contribution >= 0.6 is 11.8 Å². The molecule has 0 aromatic rings. The molecule has 2 rings (SSSR count). The maximum absolute atomic E-state index is 12.1. The zero-order valence-corrected chi connectivity index (χ0v) is 12.3. The van der Waals surface area contributed by atoms with E-state index in [4.69, 9.17) is 0 Å². The molecule has 0 radical (unpaired) electrons. The van der Waals surface area contributed by atoms with Crippen LogP contribution in [0.3, 0.4) is 0 Å². The van der Waals surface area contributed by atoms with Gasteiger partial charge in [0.15, 0.2) is 0 Å². The van der Waals surface area contributed by atoms with Gasteiger partial charge in [0.1, 0.15) is 0 Å². The molecule has 0 aromatic heterocycles. The van der Waals surface area contributed by atoms with Gasteiger partial charge in [0.05, 0.1) is 0 Å². The fourth-order valence-corrected chi connectivity index (χ4v) is 3.85. The number of hydrogen-bond acceptors (Lipinski definition) is 3. The Morgan fingerprint density at radius 1 is 1.28 bits per heavy atom. The molecule has 0 aliphatic carbocycles. The fourth-order valence-electron chi connectivity index (χ4n) is 2.84. The maximum atomic E-state index is 12.1. The van der Waals surface area contributed by atoms with Crippen molar-refractivity contribution in [1.82, 2.24) is 10.2 Å². The van der Waals surface area contributed by atoms with E-state index in [0.717, 1.165) is 31.7 Å². The molecule has 2 bridgehead atoms. The van der Waals surface area contributed by atoms with Crippen molar-refractivity contribution in [1.29, 1.82) is 0 Å². The molecule has 0 spiro atoms. The molecule has 0 saturated carbocycles. The van der Waals surface area contributed by atoms with Crippen LogP contribution in [-0.2, 0) is 4.79 Å². The molecule has 0 aromatic carbocycles. The number of nitrogens with one attached hydrogen (secondary N) is 1. The van der Waals surface area contributed by atoms with E-state index < -0.39 is 0 Å². The number of carbonyl (C=O) groups is 1. The molecule has 1 N–H and O–H groups in total. The van der Waals surface area contributed by atoms with Crippen LogP contribution < -0.4 is 5.32 Å². The summed E-state index contributed by atoms with van der Waals surface area (Å²) < 4.78 is 0. The fraction of sp³-hybridized carbons (Fsp3) is 0.929. The molecule has 2 atom stereocenters. The molecule has 1 amide bonds. The van der Waals surface area contributed by atoms with E-state index in [1.54, 1.807) is 0 Å². The maximum Gasteiger partial charge on any atom is 0.223 e. The van der Waals surface area contributed by atoms with Crippen LogP contribution in [0.5, 0.6) is 0 Å². The Labute approximate surface area is 115 Å². The molecule has 2 fully saturated rings. The van der Waals surface area contributed by atoms with E-state index in [9.17, 15) is 4.79 Å². The van der Waals surface area contributed by atoms with E-state index >= 15 is 0 Å². The van der Waals surface area contributed by atoms with Crippen LogP contribution in [0.25, 0.3) is 0 Å². The number of unbranched alkanes of at least 4 members (excludes halogenated alkanes) is 1. The van der Waals surface area contributed by atoms with Crippen LogP contribution in [0.1, 0.15) is 45.4 Å². The predicted octanol–water partition coefficient (Wildman–Crippen LogP) is 2.26. The second-order valence-electron chi connectivity index (χ2n) is 5.48. The minimum absolute atomic E-state index is 0.369. The Bertz CT molecular complexity index is 273. The molecule has 2 aliphatic heterocycles. The molecule has 2 unspecified atom stereocenters. The summed E-state index contributed by atoms with van der Waals surface area (Å²) in [5, 5.41) is 3.62. The van der Waals surface area contributed by atoms with Gasteiger partial charge in [-0.2, -0.15) is 11.8 Å². The highest BCUT2D eigenvalue weighted by Gasteiger charge is 2.30. The Balaban J connectivity index is 1.65. The molecule has 2 heterocycles. The van der Waals surface area contributed by atoms with Gasteiger partial charge in [-0.15, -0.1) is 0 Å². The molecule has 18 heavy (non-hydrogen) atoms. The molecular weight excluding hydrogens is 244 g/mol. The third kappa shape index (κ3) is 4.16. The SMILES string of the molecule is CCCCSCCC(=O)N1CCC2CCC(C1)N2. The number of likely N-dealkylation sites (tertiary alicyclic amines) is 1. The van der Waals surface area contributed by atoms with Crippen molar-refractivity contribution in [3.63, 3.8) is 0 Å². The number of amides is 1. The van der Waals surface area contributed by atoms with Crippen molar-refractivity contribution < 1.29 is 4.79 Å². The highest BCUT2D eigenvalue weighted by molar-refractivity contribution is 7.99. The van der Waals surface area contributed by atoms with Crippen LogP contribution in [0.15, 0.2) is 0 Å². The van der Waals surface area contributed by atoms with Gasteiger partial charge >= 0.3 is 0 Å². The van der Waals surface area contributed by atoms with E-state index in [1.165, 1.54) is 31.4 Å². The minimum Gasteiger partial charge on any atom is -0.341 e. The minimum atomic E-state index is 0.369. The van der Waals surface area contributed by atoms with Crippen LogP contribution in [-0.4, -0.2) is 47.5 Å². The average molecular weight is 270 g/mol. The molecule has 2 aliphatic rings.